The first-order valence-corrected chi connectivity index (χ1v) is 9.84. The first-order chi connectivity index (χ1) is 13.1. The topological polar surface area (TPSA) is 50.2 Å². The first-order valence-electron chi connectivity index (χ1n) is 8.90. The van der Waals surface area contributed by atoms with E-state index in [4.69, 9.17) is 0 Å². The number of rotatable bonds is 6. The summed E-state index contributed by atoms with van der Waals surface area (Å²) >= 11 is 1.69. The maximum atomic E-state index is 13.1. The molecule has 0 radical (unpaired) electrons. The van der Waals surface area contributed by atoms with Gasteiger partial charge in [-0.2, -0.15) is 16.4 Å². The van der Waals surface area contributed by atoms with Crippen LogP contribution in [0.2, 0.25) is 0 Å². The molecule has 3 heterocycles. The number of halogens is 1. The Kier molecular flexibility index (Phi) is 5.05. The molecule has 5 nitrogen and oxygen atoms in total. The van der Waals surface area contributed by atoms with E-state index >= 15 is 0 Å². The monoisotopic (exact) mass is 384 g/mol. The van der Waals surface area contributed by atoms with Gasteiger partial charge < -0.3 is 10.2 Å². The van der Waals surface area contributed by atoms with Crippen molar-refractivity contribution >= 4 is 17.2 Å². The fourth-order valence-corrected chi connectivity index (χ4v) is 4.32. The van der Waals surface area contributed by atoms with Gasteiger partial charge in [0, 0.05) is 44.2 Å². The average molecular weight is 384 g/mol. The highest BCUT2D eigenvalue weighted by Gasteiger charge is 2.38. The predicted octanol–water partition coefficient (Wildman–Crippen LogP) is 3.38. The second-order valence-electron chi connectivity index (χ2n) is 6.87. The van der Waals surface area contributed by atoms with Crippen molar-refractivity contribution in [1.82, 2.24) is 20.0 Å². The fraction of sp³-hybridized carbons (Fsp3) is 0.300. The van der Waals surface area contributed by atoms with Crippen LogP contribution in [0.4, 0.5) is 4.39 Å². The number of hydrogen-bond acceptors (Lipinski definition) is 4. The van der Waals surface area contributed by atoms with Crippen LogP contribution < -0.4 is 5.32 Å². The molecule has 1 N–H and O–H groups in total. The lowest BCUT2D eigenvalue weighted by atomic mass is 9.95. The van der Waals surface area contributed by atoms with E-state index in [0.29, 0.717) is 6.42 Å². The van der Waals surface area contributed by atoms with Gasteiger partial charge in [0.1, 0.15) is 5.82 Å². The third-order valence-corrected chi connectivity index (χ3v) is 5.78. The lowest BCUT2D eigenvalue weighted by Gasteiger charge is -2.24. The van der Waals surface area contributed by atoms with Gasteiger partial charge in [-0.1, -0.05) is 0 Å². The van der Waals surface area contributed by atoms with Crippen LogP contribution in [0.15, 0.2) is 53.5 Å². The maximum absolute atomic E-state index is 13.1. The van der Waals surface area contributed by atoms with Crippen LogP contribution in [0, 0.1) is 11.7 Å². The molecular formula is C20H21FN4OS. The van der Waals surface area contributed by atoms with E-state index in [1.807, 2.05) is 18.1 Å². The lowest BCUT2D eigenvalue weighted by Crippen LogP contribution is -2.28. The Morgan fingerprint density at radius 3 is 2.85 bits per heavy atom. The summed E-state index contributed by atoms with van der Waals surface area (Å²) in [5.41, 5.74) is 3.05. The summed E-state index contributed by atoms with van der Waals surface area (Å²) in [6, 6.07) is 8.30. The van der Waals surface area contributed by atoms with Crippen LogP contribution in [-0.4, -0.2) is 34.2 Å². The van der Waals surface area contributed by atoms with Crippen LogP contribution in [0.1, 0.15) is 23.6 Å². The molecule has 1 saturated heterocycles. The molecule has 1 fully saturated rings. The van der Waals surface area contributed by atoms with Crippen LogP contribution in [0.25, 0.3) is 5.69 Å². The molecule has 0 bridgehead atoms. The zero-order chi connectivity index (χ0) is 18.8. The zero-order valence-corrected chi connectivity index (χ0v) is 15.8. The second kappa shape index (κ2) is 7.62. The molecule has 0 spiro atoms. The van der Waals surface area contributed by atoms with E-state index in [-0.39, 0.29) is 23.7 Å². The number of carbonyl (C=O) groups is 1. The summed E-state index contributed by atoms with van der Waals surface area (Å²) in [7, 11) is 1.85. The standard InChI is InChI=1S/C20H21FN4OS/c1-24-19(26)8-15(10-22-9-14-6-7-27-13-14)20(24)16-11-23-25(12-16)18-4-2-17(21)3-5-18/h2-7,11-13,15,20,22H,8-10H2,1H3/t15-,20+/m0/s1. The van der Waals surface area contributed by atoms with Gasteiger partial charge >= 0.3 is 0 Å². The van der Waals surface area contributed by atoms with Crippen molar-refractivity contribution in [3.8, 4) is 5.69 Å². The number of nitrogens with one attached hydrogen (secondary N) is 1. The van der Waals surface area contributed by atoms with Gasteiger partial charge in [0.2, 0.25) is 5.91 Å². The number of benzene rings is 1. The summed E-state index contributed by atoms with van der Waals surface area (Å²) in [4.78, 5) is 14.1. The molecule has 27 heavy (non-hydrogen) atoms. The minimum atomic E-state index is -0.274. The van der Waals surface area contributed by atoms with Crippen LogP contribution in [0.5, 0.6) is 0 Å². The average Bonchev–Trinajstić information content (AvgIpc) is 3.38. The largest absolute Gasteiger partial charge is 0.338 e. The highest BCUT2D eigenvalue weighted by molar-refractivity contribution is 7.07. The van der Waals surface area contributed by atoms with Crippen molar-refractivity contribution < 1.29 is 9.18 Å². The molecule has 1 aromatic carbocycles. The minimum absolute atomic E-state index is 0.0123. The van der Waals surface area contributed by atoms with Gasteiger partial charge in [0.15, 0.2) is 0 Å². The Labute approximate surface area is 161 Å². The third-order valence-electron chi connectivity index (χ3n) is 5.04. The van der Waals surface area contributed by atoms with Crippen molar-refractivity contribution in [3.05, 3.63) is 70.4 Å². The number of hydrogen-bond donors (Lipinski definition) is 1. The Morgan fingerprint density at radius 2 is 2.11 bits per heavy atom. The molecule has 1 aliphatic heterocycles. The fourth-order valence-electron chi connectivity index (χ4n) is 3.65. The molecule has 0 aliphatic carbocycles. The molecule has 2 atom stereocenters. The lowest BCUT2D eigenvalue weighted by molar-refractivity contribution is -0.127. The molecule has 1 aliphatic rings. The van der Waals surface area contributed by atoms with E-state index in [2.05, 4.69) is 27.2 Å². The van der Waals surface area contributed by atoms with Gasteiger partial charge in [-0.05, 0) is 46.7 Å². The summed E-state index contributed by atoms with van der Waals surface area (Å²) in [5, 5.41) is 12.1. The summed E-state index contributed by atoms with van der Waals surface area (Å²) in [6.07, 6.45) is 4.26. The van der Waals surface area contributed by atoms with Crippen LogP contribution in [0.3, 0.4) is 0 Å². The first kappa shape index (κ1) is 17.9. The van der Waals surface area contributed by atoms with Crippen LogP contribution >= 0.6 is 11.3 Å². The molecule has 3 aromatic rings. The number of nitrogens with zero attached hydrogens (tertiary/aromatic N) is 3. The number of thiophene rings is 1. The summed E-state index contributed by atoms with van der Waals surface area (Å²) in [5.74, 6) is 0.0629. The van der Waals surface area contributed by atoms with Gasteiger partial charge in [0.25, 0.3) is 0 Å². The number of likely N-dealkylation sites (tertiary alicyclic amines) is 1. The molecule has 0 unspecified atom stereocenters. The zero-order valence-electron chi connectivity index (χ0n) is 15.0. The van der Waals surface area contributed by atoms with Gasteiger partial charge in [-0.15, -0.1) is 0 Å². The van der Waals surface area contributed by atoms with E-state index in [1.54, 1.807) is 34.3 Å². The Bertz CT molecular complexity index is 906. The van der Waals surface area contributed by atoms with Crippen molar-refractivity contribution in [2.45, 2.75) is 19.0 Å². The van der Waals surface area contributed by atoms with E-state index in [0.717, 1.165) is 24.3 Å². The smallest absolute Gasteiger partial charge is 0.223 e. The number of amides is 1. The molecule has 7 heteroatoms. The predicted molar refractivity (Wildman–Crippen MR) is 103 cm³/mol. The maximum Gasteiger partial charge on any atom is 0.223 e. The van der Waals surface area contributed by atoms with Gasteiger partial charge in [-0.3, -0.25) is 4.79 Å². The number of aromatic nitrogens is 2. The SMILES string of the molecule is CN1C(=O)C[C@@H](CNCc2ccsc2)[C@@H]1c1cnn(-c2ccc(F)cc2)c1. The Hall–Kier alpha value is -2.51. The number of carbonyl (C=O) groups excluding carboxylic acids is 1. The van der Waals surface area contributed by atoms with Crippen molar-refractivity contribution in [1.29, 1.82) is 0 Å². The highest BCUT2D eigenvalue weighted by atomic mass is 32.1. The Morgan fingerprint density at radius 1 is 1.30 bits per heavy atom. The minimum Gasteiger partial charge on any atom is -0.338 e. The van der Waals surface area contributed by atoms with Crippen LogP contribution in [-0.2, 0) is 11.3 Å². The van der Waals surface area contributed by atoms with Gasteiger partial charge in [-0.25, -0.2) is 9.07 Å². The van der Waals surface area contributed by atoms with Crippen molar-refractivity contribution in [2.75, 3.05) is 13.6 Å². The van der Waals surface area contributed by atoms with E-state index in [9.17, 15) is 9.18 Å². The Balaban J connectivity index is 1.49. The molecule has 2 aromatic heterocycles. The molecular weight excluding hydrogens is 363 g/mol. The quantitative estimate of drug-likeness (QED) is 0.709. The van der Waals surface area contributed by atoms with Crippen molar-refractivity contribution in [3.63, 3.8) is 0 Å². The highest BCUT2D eigenvalue weighted by Crippen LogP contribution is 2.36. The van der Waals surface area contributed by atoms with Gasteiger partial charge in [0.05, 0.1) is 17.9 Å². The van der Waals surface area contributed by atoms with E-state index in [1.165, 1.54) is 17.7 Å². The van der Waals surface area contributed by atoms with Crippen molar-refractivity contribution in [2.24, 2.45) is 5.92 Å². The molecule has 4 rings (SSSR count). The third kappa shape index (κ3) is 3.79. The molecule has 1 amide bonds. The second-order valence-corrected chi connectivity index (χ2v) is 7.65. The van der Waals surface area contributed by atoms with E-state index < -0.39 is 0 Å². The molecule has 140 valence electrons. The molecule has 0 saturated carbocycles. The summed E-state index contributed by atoms with van der Waals surface area (Å²) < 4.78 is 14.9. The summed E-state index contributed by atoms with van der Waals surface area (Å²) in [6.45, 7) is 1.57. The normalized spacial score (nSPS) is 19.8.